The Bertz CT molecular complexity index is 319. The molecule has 0 saturated carbocycles. The maximum atomic E-state index is 9.52. The quantitative estimate of drug-likeness (QED) is 0.762. The molecule has 2 N–H and O–H groups in total. The van der Waals surface area contributed by atoms with Crippen LogP contribution in [-0.2, 0) is 0 Å². The van der Waals surface area contributed by atoms with Gasteiger partial charge in [-0.3, -0.25) is 0 Å². The first-order chi connectivity index (χ1) is 7.27. The van der Waals surface area contributed by atoms with Gasteiger partial charge in [0.25, 0.3) is 0 Å². The number of aliphatic hydroxyl groups is 1. The Morgan fingerprint density at radius 3 is 2.73 bits per heavy atom. The molecule has 0 aliphatic carbocycles. The number of aliphatic hydroxyl groups excluding tert-OH is 1. The van der Waals surface area contributed by atoms with Crippen LogP contribution in [0, 0.1) is 0 Å². The lowest BCUT2D eigenvalue weighted by Crippen LogP contribution is -2.43. The Morgan fingerprint density at radius 1 is 1.33 bits per heavy atom. The smallest absolute Gasteiger partial charge is 0.0762 e. The van der Waals surface area contributed by atoms with E-state index in [4.69, 9.17) is 0 Å². The SMILES string of the molecule is C[C@H](O)c1cccc(N2CCNCC2)c1. The topological polar surface area (TPSA) is 35.5 Å². The van der Waals surface area contributed by atoms with Gasteiger partial charge in [-0.2, -0.15) is 0 Å². The minimum Gasteiger partial charge on any atom is -0.389 e. The zero-order valence-electron chi connectivity index (χ0n) is 9.11. The number of anilines is 1. The third-order valence-corrected chi connectivity index (χ3v) is 2.83. The lowest BCUT2D eigenvalue weighted by atomic mass is 10.1. The van der Waals surface area contributed by atoms with E-state index in [1.165, 1.54) is 5.69 Å². The summed E-state index contributed by atoms with van der Waals surface area (Å²) >= 11 is 0. The predicted molar refractivity (Wildman–Crippen MR) is 62.2 cm³/mol. The molecule has 82 valence electrons. The molecule has 3 nitrogen and oxygen atoms in total. The van der Waals surface area contributed by atoms with Crippen LogP contribution in [0.2, 0.25) is 0 Å². The fourth-order valence-electron chi connectivity index (χ4n) is 1.90. The highest BCUT2D eigenvalue weighted by molar-refractivity contribution is 5.49. The second-order valence-electron chi connectivity index (χ2n) is 4.01. The van der Waals surface area contributed by atoms with Crippen LogP contribution in [0.3, 0.4) is 0 Å². The van der Waals surface area contributed by atoms with E-state index in [2.05, 4.69) is 22.3 Å². The Hall–Kier alpha value is -1.06. The monoisotopic (exact) mass is 206 g/mol. The summed E-state index contributed by atoms with van der Waals surface area (Å²) in [6, 6.07) is 8.17. The minimum atomic E-state index is -0.382. The number of hydrogen-bond acceptors (Lipinski definition) is 3. The van der Waals surface area contributed by atoms with Crippen LogP contribution >= 0.6 is 0 Å². The normalized spacial score (nSPS) is 18.9. The summed E-state index contributed by atoms with van der Waals surface area (Å²) < 4.78 is 0. The molecule has 1 aliphatic rings. The molecule has 1 aromatic carbocycles. The Kier molecular flexibility index (Phi) is 3.23. The van der Waals surface area contributed by atoms with E-state index >= 15 is 0 Å². The second kappa shape index (κ2) is 4.64. The van der Waals surface area contributed by atoms with E-state index in [0.29, 0.717) is 0 Å². The van der Waals surface area contributed by atoms with Crippen molar-refractivity contribution in [3.8, 4) is 0 Å². The number of benzene rings is 1. The van der Waals surface area contributed by atoms with Gasteiger partial charge in [0.2, 0.25) is 0 Å². The second-order valence-corrected chi connectivity index (χ2v) is 4.01. The Labute approximate surface area is 90.7 Å². The fraction of sp³-hybridized carbons (Fsp3) is 0.500. The van der Waals surface area contributed by atoms with Gasteiger partial charge >= 0.3 is 0 Å². The third kappa shape index (κ3) is 2.49. The number of rotatable bonds is 2. The predicted octanol–water partition coefficient (Wildman–Crippen LogP) is 1.15. The molecule has 0 unspecified atom stereocenters. The first-order valence-corrected chi connectivity index (χ1v) is 5.51. The fourth-order valence-corrected chi connectivity index (χ4v) is 1.90. The molecule has 0 radical (unpaired) electrons. The molecule has 0 spiro atoms. The number of hydrogen-bond donors (Lipinski definition) is 2. The largest absolute Gasteiger partial charge is 0.389 e. The highest BCUT2D eigenvalue weighted by atomic mass is 16.3. The van der Waals surface area contributed by atoms with Crippen LogP contribution in [0.5, 0.6) is 0 Å². The van der Waals surface area contributed by atoms with Gasteiger partial charge in [0.05, 0.1) is 6.10 Å². The lowest BCUT2D eigenvalue weighted by molar-refractivity contribution is 0.199. The summed E-state index contributed by atoms with van der Waals surface area (Å²) in [4.78, 5) is 2.35. The van der Waals surface area contributed by atoms with E-state index in [1.807, 2.05) is 12.1 Å². The van der Waals surface area contributed by atoms with Crippen molar-refractivity contribution in [3.63, 3.8) is 0 Å². The maximum absolute atomic E-state index is 9.52. The van der Waals surface area contributed by atoms with Gasteiger partial charge in [-0.25, -0.2) is 0 Å². The molecule has 1 saturated heterocycles. The Balaban J connectivity index is 2.16. The summed E-state index contributed by atoms with van der Waals surface area (Å²) in [6.07, 6.45) is -0.382. The van der Waals surface area contributed by atoms with Gasteiger partial charge in [0, 0.05) is 31.9 Å². The van der Waals surface area contributed by atoms with Crippen molar-refractivity contribution >= 4 is 5.69 Å². The molecule has 1 atom stereocenters. The standard InChI is InChI=1S/C12H18N2O/c1-10(15)11-3-2-4-12(9-11)14-7-5-13-6-8-14/h2-4,9-10,13,15H,5-8H2,1H3/t10-/m0/s1. The highest BCUT2D eigenvalue weighted by Gasteiger charge is 2.11. The zero-order valence-corrected chi connectivity index (χ0v) is 9.11. The summed E-state index contributed by atoms with van der Waals surface area (Å²) in [6.45, 7) is 5.97. The first kappa shape index (κ1) is 10.5. The molecule has 1 fully saturated rings. The van der Waals surface area contributed by atoms with Crippen molar-refractivity contribution in [2.24, 2.45) is 0 Å². The van der Waals surface area contributed by atoms with Crippen LogP contribution in [-0.4, -0.2) is 31.3 Å². The molecule has 0 aromatic heterocycles. The van der Waals surface area contributed by atoms with Crippen LogP contribution < -0.4 is 10.2 Å². The van der Waals surface area contributed by atoms with Crippen molar-refractivity contribution in [1.82, 2.24) is 5.32 Å². The van der Waals surface area contributed by atoms with Crippen molar-refractivity contribution < 1.29 is 5.11 Å². The van der Waals surface area contributed by atoms with E-state index in [1.54, 1.807) is 6.92 Å². The lowest BCUT2D eigenvalue weighted by Gasteiger charge is -2.29. The molecule has 2 rings (SSSR count). The summed E-state index contributed by atoms with van der Waals surface area (Å²) in [7, 11) is 0. The first-order valence-electron chi connectivity index (χ1n) is 5.51. The maximum Gasteiger partial charge on any atom is 0.0762 e. The van der Waals surface area contributed by atoms with E-state index in [0.717, 1.165) is 31.7 Å². The minimum absolute atomic E-state index is 0.382. The zero-order chi connectivity index (χ0) is 10.7. The van der Waals surface area contributed by atoms with Crippen molar-refractivity contribution in [2.75, 3.05) is 31.1 Å². The van der Waals surface area contributed by atoms with Crippen molar-refractivity contribution in [2.45, 2.75) is 13.0 Å². The van der Waals surface area contributed by atoms with Crippen LogP contribution in [0.1, 0.15) is 18.6 Å². The third-order valence-electron chi connectivity index (χ3n) is 2.83. The van der Waals surface area contributed by atoms with Gasteiger partial charge < -0.3 is 15.3 Å². The molecule has 1 aliphatic heterocycles. The molecular formula is C12H18N2O. The average Bonchev–Trinajstić information content (AvgIpc) is 2.30. The van der Waals surface area contributed by atoms with Crippen LogP contribution in [0.25, 0.3) is 0 Å². The van der Waals surface area contributed by atoms with Crippen molar-refractivity contribution in [1.29, 1.82) is 0 Å². The average molecular weight is 206 g/mol. The Morgan fingerprint density at radius 2 is 2.07 bits per heavy atom. The molecule has 3 heteroatoms. The number of nitrogens with one attached hydrogen (secondary N) is 1. The molecule has 0 amide bonds. The molecule has 0 bridgehead atoms. The van der Waals surface area contributed by atoms with Gasteiger partial charge in [0.1, 0.15) is 0 Å². The molecule has 15 heavy (non-hydrogen) atoms. The van der Waals surface area contributed by atoms with Gasteiger partial charge in [-0.1, -0.05) is 12.1 Å². The summed E-state index contributed by atoms with van der Waals surface area (Å²) in [5, 5.41) is 12.8. The van der Waals surface area contributed by atoms with E-state index in [9.17, 15) is 5.11 Å². The van der Waals surface area contributed by atoms with Crippen LogP contribution in [0.4, 0.5) is 5.69 Å². The number of piperazine rings is 1. The number of nitrogens with zero attached hydrogens (tertiary/aromatic N) is 1. The summed E-state index contributed by atoms with van der Waals surface area (Å²) in [5.74, 6) is 0. The molecule has 1 aromatic rings. The highest BCUT2D eigenvalue weighted by Crippen LogP contribution is 2.20. The van der Waals surface area contributed by atoms with Gasteiger partial charge in [-0.15, -0.1) is 0 Å². The van der Waals surface area contributed by atoms with Gasteiger partial charge in [0.15, 0.2) is 0 Å². The van der Waals surface area contributed by atoms with E-state index in [-0.39, 0.29) is 6.10 Å². The van der Waals surface area contributed by atoms with Crippen LogP contribution in [0.15, 0.2) is 24.3 Å². The van der Waals surface area contributed by atoms with E-state index < -0.39 is 0 Å². The summed E-state index contributed by atoms with van der Waals surface area (Å²) in [5.41, 5.74) is 2.21. The molecule has 1 heterocycles. The van der Waals surface area contributed by atoms with Crippen molar-refractivity contribution in [3.05, 3.63) is 29.8 Å². The molecular weight excluding hydrogens is 188 g/mol. The van der Waals surface area contributed by atoms with Gasteiger partial charge in [-0.05, 0) is 24.6 Å².